The molecule has 0 heterocycles. The lowest BCUT2D eigenvalue weighted by molar-refractivity contribution is 0.0944. The van der Waals surface area contributed by atoms with Gasteiger partial charge in [-0.1, -0.05) is 36.7 Å². The molecule has 0 aliphatic rings. The normalized spacial score (nSPS) is 14.0. The van der Waals surface area contributed by atoms with Crippen LogP contribution in [-0.4, -0.2) is 29.9 Å². The minimum absolute atomic E-state index is 0.00313. The molecule has 0 saturated carbocycles. The van der Waals surface area contributed by atoms with Crippen LogP contribution in [0, 0.1) is 5.41 Å². The van der Waals surface area contributed by atoms with E-state index in [1.54, 1.807) is 0 Å². The zero-order chi connectivity index (χ0) is 16.1. The predicted octanol–water partition coefficient (Wildman–Crippen LogP) is 3.99. The highest BCUT2D eigenvalue weighted by atomic mass is 79.9. The molecule has 21 heavy (non-hydrogen) atoms. The Morgan fingerprint density at radius 3 is 2.24 bits per heavy atom. The van der Waals surface area contributed by atoms with E-state index in [0.29, 0.717) is 13.2 Å². The summed E-state index contributed by atoms with van der Waals surface area (Å²) in [7, 11) is 0. The van der Waals surface area contributed by atoms with Crippen LogP contribution in [0.1, 0.15) is 41.0 Å². The minimum Gasteiger partial charge on any atom is -0.491 e. The van der Waals surface area contributed by atoms with Crippen LogP contribution in [0.15, 0.2) is 28.7 Å². The Kier molecular flexibility index (Phi) is 6.70. The number of nitrogens with one attached hydrogen (secondary N) is 1. The van der Waals surface area contributed by atoms with E-state index < -0.39 is 6.10 Å². The standard InChI is InChI=1S/C17H28BrNO2/c1-16(2,3)12-17(4,5)19-10-14(20)11-21-15-8-6-13(18)7-9-15/h6-9,14,19-20H,10-12H2,1-5H3/t14-/m0/s1. The number of β-amino-alcohol motifs (C(OH)–C–C–N with tert-alkyl or cyclic N) is 1. The highest BCUT2D eigenvalue weighted by Gasteiger charge is 2.25. The highest BCUT2D eigenvalue weighted by molar-refractivity contribution is 9.10. The summed E-state index contributed by atoms with van der Waals surface area (Å²) in [5.41, 5.74) is 0.256. The molecular formula is C17H28BrNO2. The van der Waals surface area contributed by atoms with Gasteiger partial charge in [-0.15, -0.1) is 0 Å². The molecular weight excluding hydrogens is 330 g/mol. The van der Waals surface area contributed by atoms with Crippen molar-refractivity contribution in [2.75, 3.05) is 13.2 Å². The first-order valence-electron chi connectivity index (χ1n) is 7.39. The van der Waals surface area contributed by atoms with Crippen molar-refractivity contribution in [1.82, 2.24) is 5.32 Å². The monoisotopic (exact) mass is 357 g/mol. The van der Waals surface area contributed by atoms with Crippen LogP contribution in [-0.2, 0) is 0 Å². The van der Waals surface area contributed by atoms with Crippen LogP contribution in [0.25, 0.3) is 0 Å². The third kappa shape index (κ3) is 8.44. The summed E-state index contributed by atoms with van der Waals surface area (Å²) >= 11 is 3.38. The van der Waals surface area contributed by atoms with Gasteiger partial charge in [-0.3, -0.25) is 0 Å². The third-order valence-corrected chi connectivity index (χ3v) is 3.57. The maximum absolute atomic E-state index is 10.0. The van der Waals surface area contributed by atoms with Crippen molar-refractivity contribution in [3.05, 3.63) is 28.7 Å². The molecule has 0 unspecified atom stereocenters. The fraction of sp³-hybridized carbons (Fsp3) is 0.647. The van der Waals surface area contributed by atoms with Gasteiger partial charge < -0.3 is 15.2 Å². The van der Waals surface area contributed by atoms with Crippen molar-refractivity contribution >= 4 is 15.9 Å². The molecule has 1 aromatic rings. The first-order valence-corrected chi connectivity index (χ1v) is 8.18. The summed E-state index contributed by atoms with van der Waals surface area (Å²) in [5, 5.41) is 13.5. The lowest BCUT2D eigenvalue weighted by Crippen LogP contribution is -2.46. The molecule has 0 fully saturated rings. The van der Waals surface area contributed by atoms with Gasteiger partial charge in [0, 0.05) is 16.6 Å². The number of rotatable bonds is 7. The molecule has 4 heteroatoms. The summed E-state index contributed by atoms with van der Waals surface area (Å²) in [6, 6.07) is 7.61. The van der Waals surface area contributed by atoms with E-state index in [9.17, 15) is 5.11 Å². The molecule has 120 valence electrons. The predicted molar refractivity (Wildman–Crippen MR) is 91.8 cm³/mol. The Hall–Kier alpha value is -0.580. The molecule has 1 aromatic carbocycles. The number of ether oxygens (including phenoxy) is 1. The van der Waals surface area contributed by atoms with Gasteiger partial charge in [0.15, 0.2) is 0 Å². The molecule has 3 nitrogen and oxygen atoms in total. The Bertz CT molecular complexity index is 423. The zero-order valence-electron chi connectivity index (χ0n) is 13.7. The van der Waals surface area contributed by atoms with E-state index in [-0.39, 0.29) is 11.0 Å². The van der Waals surface area contributed by atoms with Crippen LogP contribution in [0.2, 0.25) is 0 Å². The molecule has 0 aliphatic heterocycles. The largest absolute Gasteiger partial charge is 0.491 e. The Balaban J connectivity index is 2.33. The number of aliphatic hydroxyl groups is 1. The average molecular weight is 358 g/mol. The van der Waals surface area contributed by atoms with Gasteiger partial charge in [0.2, 0.25) is 0 Å². The van der Waals surface area contributed by atoms with Gasteiger partial charge in [0.1, 0.15) is 18.5 Å². The van der Waals surface area contributed by atoms with Crippen molar-refractivity contribution in [3.8, 4) is 5.75 Å². The second kappa shape index (κ2) is 7.61. The van der Waals surface area contributed by atoms with Crippen molar-refractivity contribution in [3.63, 3.8) is 0 Å². The number of benzene rings is 1. The van der Waals surface area contributed by atoms with Crippen LogP contribution < -0.4 is 10.1 Å². The van der Waals surface area contributed by atoms with Crippen molar-refractivity contribution < 1.29 is 9.84 Å². The molecule has 0 amide bonds. The number of aliphatic hydroxyl groups excluding tert-OH is 1. The maximum atomic E-state index is 10.0. The number of hydrogen-bond acceptors (Lipinski definition) is 3. The van der Waals surface area contributed by atoms with E-state index in [2.05, 4.69) is 55.9 Å². The SMILES string of the molecule is CC(C)(C)CC(C)(C)NC[C@H](O)COc1ccc(Br)cc1. The topological polar surface area (TPSA) is 41.5 Å². The molecule has 0 radical (unpaired) electrons. The summed E-state index contributed by atoms with van der Waals surface area (Å²) in [6.45, 7) is 11.8. The highest BCUT2D eigenvalue weighted by Crippen LogP contribution is 2.26. The lowest BCUT2D eigenvalue weighted by Gasteiger charge is -2.34. The van der Waals surface area contributed by atoms with Crippen molar-refractivity contribution in [2.45, 2.75) is 52.7 Å². The molecule has 0 saturated heterocycles. The van der Waals surface area contributed by atoms with Gasteiger partial charge in [-0.25, -0.2) is 0 Å². The van der Waals surface area contributed by atoms with Gasteiger partial charge in [0.25, 0.3) is 0 Å². The zero-order valence-corrected chi connectivity index (χ0v) is 15.3. The van der Waals surface area contributed by atoms with E-state index in [1.807, 2.05) is 24.3 Å². The van der Waals surface area contributed by atoms with Crippen LogP contribution in [0.4, 0.5) is 0 Å². The van der Waals surface area contributed by atoms with Crippen LogP contribution in [0.5, 0.6) is 5.75 Å². The molecule has 1 rings (SSSR count). The lowest BCUT2D eigenvalue weighted by atomic mass is 9.82. The van der Waals surface area contributed by atoms with Gasteiger partial charge >= 0.3 is 0 Å². The first-order chi connectivity index (χ1) is 9.57. The fourth-order valence-electron chi connectivity index (χ4n) is 2.56. The summed E-state index contributed by atoms with van der Waals surface area (Å²) < 4.78 is 6.59. The smallest absolute Gasteiger partial charge is 0.119 e. The van der Waals surface area contributed by atoms with Crippen molar-refractivity contribution in [1.29, 1.82) is 0 Å². The molecule has 0 bridgehead atoms. The summed E-state index contributed by atoms with van der Waals surface area (Å²) in [6.07, 6.45) is 0.521. The Labute approximate surface area is 137 Å². The second-order valence-electron chi connectivity index (χ2n) is 7.42. The Morgan fingerprint density at radius 1 is 1.14 bits per heavy atom. The fourth-order valence-corrected chi connectivity index (χ4v) is 2.83. The summed E-state index contributed by atoms with van der Waals surface area (Å²) in [5.74, 6) is 0.770. The van der Waals surface area contributed by atoms with E-state index in [0.717, 1.165) is 16.6 Å². The molecule has 0 aromatic heterocycles. The van der Waals surface area contributed by atoms with Gasteiger partial charge in [-0.2, -0.15) is 0 Å². The second-order valence-corrected chi connectivity index (χ2v) is 8.34. The quantitative estimate of drug-likeness (QED) is 0.774. The van der Waals surface area contributed by atoms with Crippen molar-refractivity contribution in [2.24, 2.45) is 5.41 Å². The van der Waals surface area contributed by atoms with E-state index >= 15 is 0 Å². The van der Waals surface area contributed by atoms with E-state index in [4.69, 9.17) is 4.74 Å². The Morgan fingerprint density at radius 2 is 1.71 bits per heavy atom. The molecule has 0 spiro atoms. The van der Waals surface area contributed by atoms with Gasteiger partial charge in [0.05, 0.1) is 0 Å². The molecule has 1 atom stereocenters. The third-order valence-electron chi connectivity index (χ3n) is 3.04. The number of halogens is 1. The van der Waals surface area contributed by atoms with E-state index in [1.165, 1.54) is 0 Å². The first kappa shape index (κ1) is 18.5. The van der Waals surface area contributed by atoms with Crippen LogP contribution >= 0.6 is 15.9 Å². The van der Waals surface area contributed by atoms with Crippen LogP contribution in [0.3, 0.4) is 0 Å². The van der Waals surface area contributed by atoms with Gasteiger partial charge in [-0.05, 0) is 49.9 Å². The number of hydrogen-bond donors (Lipinski definition) is 2. The molecule has 2 N–H and O–H groups in total. The average Bonchev–Trinajstić information content (AvgIpc) is 2.33. The molecule has 0 aliphatic carbocycles. The summed E-state index contributed by atoms with van der Waals surface area (Å²) in [4.78, 5) is 0. The maximum Gasteiger partial charge on any atom is 0.119 e. The minimum atomic E-state index is -0.520.